The van der Waals surface area contributed by atoms with Gasteiger partial charge in [-0.1, -0.05) is 0 Å². The Kier molecular flexibility index (Phi) is 4.43. The Morgan fingerprint density at radius 3 is 2.57 bits per heavy atom. The zero-order chi connectivity index (χ0) is 20.0. The van der Waals surface area contributed by atoms with E-state index in [-0.39, 0.29) is 11.4 Å². The predicted molar refractivity (Wildman–Crippen MR) is 112 cm³/mol. The number of hydrazone groups is 1. The Morgan fingerprint density at radius 1 is 1.18 bits per heavy atom. The molecule has 3 heterocycles. The number of carbonyl (C=O) groups is 1. The van der Waals surface area contributed by atoms with Gasteiger partial charge in [-0.2, -0.15) is 15.1 Å². The maximum absolute atomic E-state index is 12.5. The maximum atomic E-state index is 12.5. The van der Waals surface area contributed by atoms with E-state index in [1.54, 1.807) is 13.2 Å². The highest BCUT2D eigenvalue weighted by Gasteiger charge is 2.34. The third-order valence-corrected chi connectivity index (χ3v) is 5.48. The Labute approximate surface area is 166 Å². The van der Waals surface area contributed by atoms with Crippen molar-refractivity contribution in [2.75, 3.05) is 7.11 Å². The van der Waals surface area contributed by atoms with E-state index in [1.165, 1.54) is 16.8 Å². The molecule has 1 amide bonds. The first-order valence-corrected chi connectivity index (χ1v) is 9.51. The summed E-state index contributed by atoms with van der Waals surface area (Å²) in [5.41, 5.74) is 4.10. The number of aromatic nitrogens is 1. The first-order valence-electron chi connectivity index (χ1n) is 8.69. The number of fused-ring (bicyclic) bond motifs is 1. The monoisotopic (exact) mass is 393 g/mol. The highest BCUT2D eigenvalue weighted by atomic mass is 32.2. The van der Waals surface area contributed by atoms with Crippen LogP contribution in [0.15, 0.2) is 46.0 Å². The number of hydrogen-bond donors (Lipinski definition) is 1. The topological polar surface area (TPSA) is 83.0 Å². The number of aryl methyl sites for hydroxylation is 1. The lowest BCUT2D eigenvalue weighted by Crippen LogP contribution is -2.35. The molecule has 0 bridgehead atoms. The molecule has 8 heteroatoms. The molecule has 0 atom stereocenters. The smallest absolute Gasteiger partial charge is 0.283 e. The van der Waals surface area contributed by atoms with E-state index in [0.29, 0.717) is 5.17 Å². The molecule has 0 fully saturated rings. The third kappa shape index (κ3) is 2.95. The lowest BCUT2D eigenvalue weighted by Gasteiger charge is -2.20. The minimum absolute atomic E-state index is 0.0496. The zero-order valence-electron chi connectivity index (χ0n) is 16.0. The predicted octanol–water partition coefficient (Wildman–Crippen LogP) is 3.74. The van der Waals surface area contributed by atoms with Gasteiger partial charge in [0.15, 0.2) is 5.84 Å². The van der Waals surface area contributed by atoms with Crippen molar-refractivity contribution in [3.8, 4) is 11.4 Å². The fraction of sp³-hybridized carbons (Fsp3) is 0.200. The van der Waals surface area contributed by atoms with Gasteiger partial charge in [-0.25, -0.2) is 0 Å². The molecule has 2 aliphatic heterocycles. The highest BCUT2D eigenvalue weighted by Crippen LogP contribution is 2.29. The summed E-state index contributed by atoms with van der Waals surface area (Å²) in [6.07, 6.45) is 1.72. The second-order valence-corrected chi connectivity index (χ2v) is 7.66. The maximum Gasteiger partial charge on any atom is 0.283 e. The van der Waals surface area contributed by atoms with Crippen molar-refractivity contribution in [1.29, 1.82) is 5.41 Å². The van der Waals surface area contributed by atoms with Crippen LogP contribution in [0.3, 0.4) is 0 Å². The van der Waals surface area contributed by atoms with Crippen molar-refractivity contribution in [3.05, 3.63) is 52.9 Å². The highest BCUT2D eigenvalue weighted by molar-refractivity contribution is 8.26. The molecule has 0 saturated heterocycles. The molecular weight excluding hydrogens is 374 g/mol. The van der Waals surface area contributed by atoms with Crippen LogP contribution in [0.25, 0.3) is 11.8 Å². The average molecular weight is 393 g/mol. The molecule has 0 radical (unpaired) electrons. The molecule has 28 heavy (non-hydrogen) atoms. The summed E-state index contributed by atoms with van der Waals surface area (Å²) in [6.45, 7) is 5.83. The lowest BCUT2D eigenvalue weighted by molar-refractivity contribution is -0.114. The van der Waals surface area contributed by atoms with Crippen LogP contribution in [0.4, 0.5) is 0 Å². The molecule has 0 unspecified atom stereocenters. The molecule has 4 rings (SSSR count). The number of amides is 1. The fourth-order valence-electron chi connectivity index (χ4n) is 3.31. The number of hydrogen-bond acceptors (Lipinski definition) is 5. The number of nitrogens with zero attached hydrogens (tertiary/aromatic N) is 4. The van der Waals surface area contributed by atoms with Gasteiger partial charge < -0.3 is 9.30 Å². The van der Waals surface area contributed by atoms with Gasteiger partial charge in [0.25, 0.3) is 5.91 Å². The van der Waals surface area contributed by atoms with Crippen molar-refractivity contribution in [2.45, 2.75) is 20.8 Å². The Morgan fingerprint density at radius 2 is 1.89 bits per heavy atom. The molecule has 1 N–H and O–H groups in total. The van der Waals surface area contributed by atoms with Gasteiger partial charge in [0.1, 0.15) is 5.75 Å². The van der Waals surface area contributed by atoms with Gasteiger partial charge >= 0.3 is 0 Å². The van der Waals surface area contributed by atoms with Gasteiger partial charge in [0, 0.05) is 17.1 Å². The first-order chi connectivity index (χ1) is 13.4. The molecule has 0 saturated carbocycles. The van der Waals surface area contributed by atoms with Crippen molar-refractivity contribution < 1.29 is 9.53 Å². The van der Waals surface area contributed by atoms with Gasteiger partial charge in [-0.3, -0.25) is 10.2 Å². The number of methoxy groups -OCH3 is 1. The first kappa shape index (κ1) is 18.2. The number of carbonyl (C=O) groups excluding carboxylic acids is 1. The second-order valence-electron chi connectivity index (χ2n) is 6.50. The molecule has 0 aliphatic carbocycles. The van der Waals surface area contributed by atoms with Crippen LogP contribution in [0.1, 0.15) is 23.9 Å². The number of amidine groups is 2. The lowest BCUT2D eigenvalue weighted by atomic mass is 10.1. The summed E-state index contributed by atoms with van der Waals surface area (Å²) in [7, 11) is 1.64. The normalized spacial score (nSPS) is 17.7. The summed E-state index contributed by atoms with van der Waals surface area (Å²) in [4.78, 5) is 16.6. The van der Waals surface area contributed by atoms with Crippen molar-refractivity contribution in [3.63, 3.8) is 0 Å². The van der Waals surface area contributed by atoms with Crippen molar-refractivity contribution in [1.82, 2.24) is 9.58 Å². The molecule has 7 nitrogen and oxygen atoms in total. The Hall–Kier alpha value is -3.13. The number of nitrogens with one attached hydrogen (secondary N) is 1. The van der Waals surface area contributed by atoms with Crippen molar-refractivity contribution >= 4 is 39.8 Å². The molecule has 2 aromatic rings. The Balaban J connectivity index is 1.74. The number of rotatable bonds is 3. The van der Waals surface area contributed by atoms with Gasteiger partial charge in [0.2, 0.25) is 5.17 Å². The van der Waals surface area contributed by atoms with Gasteiger partial charge in [-0.15, -0.1) is 0 Å². The van der Waals surface area contributed by atoms with Crippen LogP contribution < -0.4 is 4.74 Å². The van der Waals surface area contributed by atoms with E-state index in [0.717, 1.165) is 33.4 Å². The second kappa shape index (κ2) is 6.79. The molecule has 1 aromatic carbocycles. The van der Waals surface area contributed by atoms with E-state index < -0.39 is 5.91 Å². The molecule has 1 aromatic heterocycles. The largest absolute Gasteiger partial charge is 0.497 e. The van der Waals surface area contributed by atoms with Crippen LogP contribution in [0, 0.1) is 19.3 Å². The van der Waals surface area contributed by atoms with E-state index >= 15 is 0 Å². The number of benzene rings is 1. The van der Waals surface area contributed by atoms with Crippen LogP contribution in [0.2, 0.25) is 0 Å². The van der Waals surface area contributed by atoms with E-state index in [9.17, 15) is 4.79 Å². The van der Waals surface area contributed by atoms with Gasteiger partial charge in [-0.05, 0) is 74.5 Å². The van der Waals surface area contributed by atoms with E-state index in [2.05, 4.69) is 14.7 Å². The van der Waals surface area contributed by atoms with Gasteiger partial charge in [0.05, 0.1) is 17.7 Å². The van der Waals surface area contributed by atoms with Crippen LogP contribution >= 0.6 is 11.8 Å². The van der Waals surface area contributed by atoms with Crippen LogP contribution in [-0.4, -0.2) is 38.6 Å². The third-order valence-electron chi connectivity index (χ3n) is 4.66. The standard InChI is InChI=1S/C20H19N5O2S/c1-11-9-14(12(2)24(11)15-5-7-16(27-4)8-6-15)10-17-18(21)25-20(22-19(17)26)28-13(3)23-25/h5-10,21H,1-4H3. The molecule has 2 aliphatic rings. The van der Waals surface area contributed by atoms with E-state index in [1.807, 2.05) is 51.1 Å². The molecule has 0 spiro atoms. The minimum Gasteiger partial charge on any atom is -0.497 e. The minimum atomic E-state index is -0.414. The molecular formula is C20H19N5O2S. The average Bonchev–Trinajstić information content (AvgIpc) is 3.17. The number of thioether (sulfide) groups is 1. The number of ether oxygens (including phenoxy) is 1. The Bertz CT molecular complexity index is 1090. The quantitative estimate of drug-likeness (QED) is 0.805. The summed E-state index contributed by atoms with van der Waals surface area (Å²) < 4.78 is 7.33. The molecule has 142 valence electrons. The fourth-order valence-corrected chi connectivity index (χ4v) is 4.04. The summed E-state index contributed by atoms with van der Waals surface area (Å²) in [5.74, 6) is 0.430. The summed E-state index contributed by atoms with van der Waals surface area (Å²) >= 11 is 1.30. The van der Waals surface area contributed by atoms with Crippen LogP contribution in [-0.2, 0) is 4.79 Å². The van der Waals surface area contributed by atoms with Crippen LogP contribution in [0.5, 0.6) is 5.75 Å². The van der Waals surface area contributed by atoms with Crippen molar-refractivity contribution in [2.24, 2.45) is 10.1 Å². The SMILES string of the molecule is COc1ccc(-n2c(C)cc(C=C3C(=N)N4N=C(C)SC4=NC3=O)c2C)cc1. The zero-order valence-corrected chi connectivity index (χ0v) is 16.8. The van der Waals surface area contributed by atoms with E-state index in [4.69, 9.17) is 10.1 Å². The number of aliphatic imine (C=N–C) groups is 1. The summed E-state index contributed by atoms with van der Waals surface area (Å²) in [5, 5.41) is 15.3. The summed E-state index contributed by atoms with van der Waals surface area (Å²) in [6, 6.07) is 9.79.